The number of esters is 1. The fourth-order valence-electron chi connectivity index (χ4n) is 3.31. The topological polar surface area (TPSA) is 88.0 Å². The Balaban J connectivity index is 1.84. The number of rotatable bonds is 6. The van der Waals surface area contributed by atoms with Crippen LogP contribution in [0.2, 0.25) is 0 Å². The molecule has 1 heterocycles. The van der Waals surface area contributed by atoms with E-state index in [2.05, 4.69) is 0 Å². The van der Waals surface area contributed by atoms with Crippen LogP contribution in [0.15, 0.2) is 60.2 Å². The van der Waals surface area contributed by atoms with Gasteiger partial charge in [-0.3, -0.25) is 0 Å². The maximum Gasteiger partial charge on any atom is 0.349 e. The van der Waals surface area contributed by atoms with Crippen LogP contribution >= 0.6 is 0 Å². The van der Waals surface area contributed by atoms with Crippen molar-refractivity contribution in [3.05, 3.63) is 88.2 Å². The van der Waals surface area contributed by atoms with Gasteiger partial charge < -0.3 is 14.0 Å². The zero-order valence-corrected chi connectivity index (χ0v) is 17.5. The monoisotopic (exact) mass is 411 g/mol. The Kier molecular flexibility index (Phi) is 6.54. The van der Waals surface area contributed by atoms with E-state index in [0.717, 1.165) is 34.0 Å². The summed E-state index contributed by atoms with van der Waals surface area (Å²) in [6.45, 7) is 3.89. The van der Waals surface area contributed by atoms with Gasteiger partial charge in [0.1, 0.15) is 24.0 Å². The Hall–Kier alpha value is -4.29. The highest BCUT2D eigenvalue weighted by atomic mass is 16.5. The van der Waals surface area contributed by atoms with Gasteiger partial charge in [-0.2, -0.15) is 10.5 Å². The van der Waals surface area contributed by atoms with Crippen molar-refractivity contribution in [1.29, 1.82) is 10.5 Å². The smallest absolute Gasteiger partial charge is 0.349 e. The van der Waals surface area contributed by atoms with Gasteiger partial charge in [0.05, 0.1) is 24.4 Å². The highest BCUT2D eigenvalue weighted by Crippen LogP contribution is 2.29. The van der Waals surface area contributed by atoms with Crippen molar-refractivity contribution in [2.75, 3.05) is 7.11 Å². The third kappa shape index (κ3) is 4.66. The molecule has 0 unspecified atom stereocenters. The van der Waals surface area contributed by atoms with Crippen molar-refractivity contribution < 1.29 is 14.3 Å². The second-order valence-electron chi connectivity index (χ2n) is 6.89. The molecule has 3 aromatic rings. The van der Waals surface area contributed by atoms with E-state index in [4.69, 9.17) is 14.7 Å². The fourth-order valence-corrected chi connectivity index (χ4v) is 3.31. The molecule has 6 nitrogen and oxygen atoms in total. The van der Waals surface area contributed by atoms with Crippen molar-refractivity contribution in [2.45, 2.75) is 20.5 Å². The standard InChI is InChI=1S/C25H21N3O3/c1-17-12-21(18(2)28(17)23-6-4-5-7-24(23)30-3)13-22(15-27)25(29)31-16-20-10-8-19(14-26)9-11-20/h4-13H,16H2,1-3H3/b22-13+. The minimum Gasteiger partial charge on any atom is -0.495 e. The molecular formula is C25H21N3O3. The van der Waals surface area contributed by atoms with Gasteiger partial charge in [0.15, 0.2) is 0 Å². The van der Waals surface area contributed by atoms with Gasteiger partial charge >= 0.3 is 5.97 Å². The molecule has 3 rings (SSSR count). The lowest BCUT2D eigenvalue weighted by Crippen LogP contribution is -2.07. The summed E-state index contributed by atoms with van der Waals surface area (Å²) in [6, 6.07) is 20.2. The Morgan fingerprint density at radius 1 is 1.10 bits per heavy atom. The van der Waals surface area contributed by atoms with Crippen molar-refractivity contribution in [3.63, 3.8) is 0 Å². The zero-order chi connectivity index (χ0) is 22.4. The van der Waals surface area contributed by atoms with Crippen molar-refractivity contribution in [3.8, 4) is 23.6 Å². The molecule has 154 valence electrons. The Morgan fingerprint density at radius 2 is 1.81 bits per heavy atom. The number of carbonyl (C=O) groups excluding carboxylic acids is 1. The van der Waals surface area contributed by atoms with Crippen LogP contribution in [0.1, 0.15) is 28.1 Å². The normalized spacial score (nSPS) is 10.8. The summed E-state index contributed by atoms with van der Waals surface area (Å²) in [7, 11) is 1.62. The molecule has 0 radical (unpaired) electrons. The molecular weight excluding hydrogens is 390 g/mol. The summed E-state index contributed by atoms with van der Waals surface area (Å²) >= 11 is 0. The predicted octanol–water partition coefficient (Wildman–Crippen LogP) is 4.62. The molecule has 0 aliphatic rings. The van der Waals surface area contributed by atoms with Crippen LogP contribution in [-0.2, 0) is 16.1 Å². The molecule has 0 spiro atoms. The van der Waals surface area contributed by atoms with Crippen LogP contribution < -0.4 is 4.74 Å². The third-order valence-corrected chi connectivity index (χ3v) is 4.89. The van der Waals surface area contributed by atoms with Crippen molar-refractivity contribution >= 4 is 12.0 Å². The summed E-state index contributed by atoms with van der Waals surface area (Å²) in [6.07, 6.45) is 1.54. The van der Waals surface area contributed by atoms with Crippen molar-refractivity contribution in [1.82, 2.24) is 4.57 Å². The lowest BCUT2D eigenvalue weighted by Gasteiger charge is -2.13. The maximum atomic E-state index is 12.5. The summed E-state index contributed by atoms with van der Waals surface area (Å²) in [5, 5.41) is 18.4. The number of nitriles is 2. The molecule has 0 fully saturated rings. The number of methoxy groups -OCH3 is 1. The third-order valence-electron chi connectivity index (χ3n) is 4.89. The first-order valence-corrected chi connectivity index (χ1v) is 9.58. The number of aryl methyl sites for hydroxylation is 1. The molecule has 1 aromatic heterocycles. The van der Waals surface area contributed by atoms with E-state index >= 15 is 0 Å². The lowest BCUT2D eigenvalue weighted by molar-refractivity contribution is -0.139. The Labute approximate surface area is 181 Å². The summed E-state index contributed by atoms with van der Waals surface area (Å²) < 4.78 is 12.8. The Morgan fingerprint density at radius 3 is 2.45 bits per heavy atom. The molecule has 0 saturated carbocycles. The van der Waals surface area contributed by atoms with Crippen LogP contribution in [0.4, 0.5) is 0 Å². The molecule has 0 amide bonds. The predicted molar refractivity (Wildman–Crippen MR) is 116 cm³/mol. The quantitative estimate of drug-likeness (QED) is 0.335. The largest absolute Gasteiger partial charge is 0.495 e. The van der Waals surface area contributed by atoms with Crippen LogP contribution in [-0.4, -0.2) is 17.6 Å². The second kappa shape index (κ2) is 9.47. The summed E-state index contributed by atoms with van der Waals surface area (Å²) in [5.41, 5.74) is 4.61. The second-order valence-corrected chi connectivity index (χ2v) is 6.89. The minimum atomic E-state index is -0.700. The SMILES string of the molecule is COc1ccccc1-n1c(C)cc(/C=C(\C#N)C(=O)OCc2ccc(C#N)cc2)c1C. The molecule has 0 atom stereocenters. The number of aromatic nitrogens is 1. The average Bonchev–Trinajstić information content (AvgIpc) is 3.08. The van der Waals surface area contributed by atoms with E-state index in [1.54, 1.807) is 31.4 Å². The van der Waals surface area contributed by atoms with E-state index < -0.39 is 5.97 Å². The minimum absolute atomic E-state index is 0.0177. The number of ether oxygens (including phenoxy) is 2. The van der Waals surface area contributed by atoms with Crippen LogP contribution in [0.3, 0.4) is 0 Å². The van der Waals surface area contributed by atoms with Gasteiger partial charge in [-0.25, -0.2) is 4.79 Å². The Bertz CT molecular complexity index is 1220. The number of hydrogen-bond donors (Lipinski definition) is 0. The van der Waals surface area contributed by atoms with Gasteiger partial charge in [-0.15, -0.1) is 0 Å². The molecule has 0 aliphatic heterocycles. The van der Waals surface area contributed by atoms with Crippen molar-refractivity contribution in [2.24, 2.45) is 0 Å². The van der Waals surface area contributed by atoms with Gasteiger partial charge in [0.25, 0.3) is 0 Å². The summed E-state index contributed by atoms with van der Waals surface area (Å²) in [4.78, 5) is 12.5. The number of hydrogen-bond acceptors (Lipinski definition) is 5. The number of para-hydroxylation sites is 2. The molecule has 0 saturated heterocycles. The van der Waals surface area contributed by atoms with Gasteiger partial charge in [-0.05, 0) is 61.4 Å². The first kappa shape index (κ1) is 21.4. The molecule has 31 heavy (non-hydrogen) atoms. The van der Waals surface area contributed by atoms with Crippen LogP contribution in [0.25, 0.3) is 11.8 Å². The first-order valence-electron chi connectivity index (χ1n) is 9.58. The van der Waals surface area contributed by atoms with Gasteiger partial charge in [0.2, 0.25) is 0 Å². The van der Waals surface area contributed by atoms with E-state index in [1.807, 2.05) is 60.9 Å². The van der Waals surface area contributed by atoms with Gasteiger partial charge in [0, 0.05) is 11.4 Å². The van der Waals surface area contributed by atoms with E-state index in [1.165, 1.54) is 6.08 Å². The highest BCUT2D eigenvalue weighted by Gasteiger charge is 2.16. The van der Waals surface area contributed by atoms with E-state index in [9.17, 15) is 10.1 Å². The number of benzene rings is 2. The lowest BCUT2D eigenvalue weighted by atomic mass is 10.1. The zero-order valence-electron chi connectivity index (χ0n) is 17.5. The van der Waals surface area contributed by atoms with E-state index in [-0.39, 0.29) is 12.2 Å². The maximum absolute atomic E-state index is 12.5. The fraction of sp³-hybridized carbons (Fsp3) is 0.160. The number of nitrogens with zero attached hydrogens (tertiary/aromatic N) is 3. The summed E-state index contributed by atoms with van der Waals surface area (Å²) in [5.74, 6) is 0.0242. The molecule has 0 N–H and O–H groups in total. The van der Waals surface area contributed by atoms with Crippen LogP contribution in [0, 0.1) is 36.5 Å². The molecule has 0 bridgehead atoms. The average molecular weight is 411 g/mol. The number of carbonyl (C=O) groups is 1. The van der Waals surface area contributed by atoms with Gasteiger partial charge in [-0.1, -0.05) is 24.3 Å². The molecule has 6 heteroatoms. The van der Waals surface area contributed by atoms with E-state index in [0.29, 0.717) is 5.56 Å². The van der Waals surface area contributed by atoms with Crippen LogP contribution in [0.5, 0.6) is 5.75 Å². The first-order chi connectivity index (χ1) is 15.0. The highest BCUT2D eigenvalue weighted by molar-refractivity contribution is 5.98. The molecule has 0 aliphatic carbocycles. The molecule has 2 aromatic carbocycles.